The van der Waals surface area contributed by atoms with Gasteiger partial charge in [-0.1, -0.05) is 0 Å². The summed E-state index contributed by atoms with van der Waals surface area (Å²) < 4.78 is 1.86. The molecule has 3 heteroatoms. The van der Waals surface area contributed by atoms with Crippen LogP contribution in [-0.2, 0) is 0 Å². The molecule has 0 saturated heterocycles. The maximum absolute atomic E-state index is 4.03. The van der Waals surface area contributed by atoms with Crippen LogP contribution in [-0.4, -0.2) is 24.3 Å². The molecule has 0 aliphatic heterocycles. The van der Waals surface area contributed by atoms with Gasteiger partial charge in [0.25, 0.3) is 0 Å². The van der Waals surface area contributed by atoms with Crippen LogP contribution in [0, 0.1) is 0 Å². The van der Waals surface area contributed by atoms with Gasteiger partial charge in [-0.05, 0) is 20.8 Å². The van der Waals surface area contributed by atoms with E-state index in [4.69, 9.17) is 0 Å². The summed E-state index contributed by atoms with van der Waals surface area (Å²) >= 11 is 0. The Balaban J connectivity index is 3.43. The summed E-state index contributed by atoms with van der Waals surface area (Å²) in [5, 5.41) is 4.03. The Hall–Kier alpha value is -0.600. The summed E-state index contributed by atoms with van der Waals surface area (Å²) in [6.45, 7) is 7.13. The quantitative estimate of drug-likeness (QED) is 0.344. The van der Waals surface area contributed by atoms with Crippen molar-refractivity contribution in [1.82, 2.24) is 5.43 Å². The van der Waals surface area contributed by atoms with Crippen molar-refractivity contribution >= 4 is 0 Å². The first-order valence-corrected chi connectivity index (χ1v) is 3.34. The molecular weight excluding hydrogens is 114 g/mol. The van der Waals surface area contributed by atoms with E-state index in [1.165, 1.54) is 0 Å². The van der Waals surface area contributed by atoms with Crippen LogP contribution in [0.5, 0.6) is 0 Å². The standard InChI is InChI=1S/C6H15N3/c1-5-9(4)8-7-6(2)3/h6H,5H2,1-4H3/p+1. The molecule has 54 valence electrons. The molecule has 0 rings (SSSR count). The Morgan fingerprint density at radius 3 is 2.44 bits per heavy atom. The molecule has 1 N–H and O–H groups in total. The molecule has 0 amide bonds. The van der Waals surface area contributed by atoms with Gasteiger partial charge in [0.2, 0.25) is 0 Å². The Morgan fingerprint density at radius 1 is 1.56 bits per heavy atom. The molecule has 0 heterocycles. The summed E-state index contributed by atoms with van der Waals surface area (Å²) in [5.74, 6) is 0. The summed E-state index contributed by atoms with van der Waals surface area (Å²) in [7, 11) is 1.94. The SMILES string of the molecule is CC[N+](C)=NNC(C)C. The monoisotopic (exact) mass is 130 g/mol. The van der Waals surface area contributed by atoms with Crippen LogP contribution < -0.4 is 5.43 Å². The second-order valence-electron chi connectivity index (χ2n) is 2.36. The molecule has 0 aliphatic carbocycles. The van der Waals surface area contributed by atoms with Gasteiger partial charge in [-0.2, -0.15) is 10.1 Å². The third kappa shape index (κ3) is 5.27. The van der Waals surface area contributed by atoms with Crippen LogP contribution in [0.3, 0.4) is 0 Å². The lowest BCUT2D eigenvalue weighted by Crippen LogP contribution is -2.19. The molecular formula is C6H16N3+. The van der Waals surface area contributed by atoms with Crippen molar-refractivity contribution in [3.8, 4) is 0 Å². The topological polar surface area (TPSA) is 27.4 Å². The van der Waals surface area contributed by atoms with Gasteiger partial charge >= 0.3 is 0 Å². The predicted molar refractivity (Wildman–Crippen MR) is 37.4 cm³/mol. The highest BCUT2D eigenvalue weighted by molar-refractivity contribution is 4.40. The molecule has 0 unspecified atom stereocenters. The average molecular weight is 130 g/mol. The largest absolute Gasteiger partial charge is 0.180 e. The minimum absolute atomic E-state index is 0.430. The Bertz CT molecular complexity index is 96.5. The van der Waals surface area contributed by atoms with E-state index >= 15 is 0 Å². The van der Waals surface area contributed by atoms with Crippen LogP contribution in [0.15, 0.2) is 5.22 Å². The summed E-state index contributed by atoms with van der Waals surface area (Å²) in [4.78, 5) is 0. The van der Waals surface area contributed by atoms with Gasteiger partial charge in [0, 0.05) is 0 Å². The number of nitrogens with one attached hydrogen (secondary N) is 1. The lowest BCUT2D eigenvalue weighted by Gasteiger charge is -1.95. The predicted octanol–water partition coefficient (Wildman–Crippen LogP) is 1.01. The van der Waals surface area contributed by atoms with Crippen molar-refractivity contribution in [2.45, 2.75) is 26.8 Å². The van der Waals surface area contributed by atoms with E-state index in [0.29, 0.717) is 6.04 Å². The van der Waals surface area contributed by atoms with Crippen LogP contribution in [0.2, 0.25) is 0 Å². The first-order chi connectivity index (χ1) is 4.16. The van der Waals surface area contributed by atoms with Gasteiger partial charge < -0.3 is 0 Å². The highest BCUT2D eigenvalue weighted by atomic mass is 15.5. The van der Waals surface area contributed by atoms with Crippen molar-refractivity contribution in [1.29, 1.82) is 0 Å². The molecule has 0 aromatic carbocycles. The molecule has 0 bridgehead atoms. The van der Waals surface area contributed by atoms with E-state index < -0.39 is 0 Å². The lowest BCUT2D eigenvalue weighted by atomic mass is 10.4. The Labute approximate surface area is 56.7 Å². The van der Waals surface area contributed by atoms with Gasteiger partial charge in [-0.25, -0.2) is 0 Å². The van der Waals surface area contributed by atoms with Gasteiger partial charge in [0.05, 0.1) is 12.3 Å². The summed E-state index contributed by atoms with van der Waals surface area (Å²) in [6.07, 6.45) is 0. The summed E-state index contributed by atoms with van der Waals surface area (Å²) in [5.41, 5.74) is 2.95. The highest BCUT2D eigenvalue weighted by Crippen LogP contribution is 1.75. The second-order valence-corrected chi connectivity index (χ2v) is 2.36. The number of nitrogens with zero attached hydrogens (tertiary/aromatic N) is 2. The molecule has 0 aromatic heterocycles. The maximum atomic E-state index is 4.03. The van der Waals surface area contributed by atoms with E-state index in [1.54, 1.807) is 0 Å². The van der Waals surface area contributed by atoms with Crippen LogP contribution in [0.1, 0.15) is 20.8 Å². The van der Waals surface area contributed by atoms with Crippen LogP contribution >= 0.6 is 0 Å². The summed E-state index contributed by atoms with van der Waals surface area (Å²) in [6, 6.07) is 0.430. The van der Waals surface area contributed by atoms with Crippen molar-refractivity contribution in [3.05, 3.63) is 0 Å². The highest BCUT2D eigenvalue weighted by Gasteiger charge is 1.93. The molecule has 0 atom stereocenters. The van der Waals surface area contributed by atoms with Crippen LogP contribution in [0.4, 0.5) is 0 Å². The number of rotatable bonds is 3. The molecule has 0 aliphatic rings. The minimum Gasteiger partial charge on any atom is -0.180 e. The Morgan fingerprint density at radius 2 is 2.11 bits per heavy atom. The first-order valence-electron chi connectivity index (χ1n) is 3.34. The molecule has 0 saturated carbocycles. The normalized spacial score (nSPS) is 12.3. The number of hydrogen-bond donors (Lipinski definition) is 1. The second kappa shape index (κ2) is 4.30. The molecule has 0 spiro atoms. The average Bonchev–Trinajstić information content (AvgIpc) is 1.83. The van der Waals surface area contributed by atoms with E-state index in [9.17, 15) is 0 Å². The van der Waals surface area contributed by atoms with E-state index in [1.807, 2.05) is 11.7 Å². The first kappa shape index (κ1) is 8.40. The zero-order valence-electron chi connectivity index (χ0n) is 6.68. The van der Waals surface area contributed by atoms with Gasteiger partial charge in [0.1, 0.15) is 12.6 Å². The fraction of sp³-hybridized carbons (Fsp3) is 1.00. The van der Waals surface area contributed by atoms with E-state index in [2.05, 4.69) is 31.4 Å². The van der Waals surface area contributed by atoms with Crippen LogP contribution in [0.25, 0.3) is 0 Å². The van der Waals surface area contributed by atoms with Gasteiger partial charge in [-0.3, -0.25) is 0 Å². The van der Waals surface area contributed by atoms with E-state index in [-0.39, 0.29) is 0 Å². The zero-order valence-corrected chi connectivity index (χ0v) is 6.68. The van der Waals surface area contributed by atoms with Gasteiger partial charge in [-0.15, -0.1) is 0 Å². The van der Waals surface area contributed by atoms with Crippen molar-refractivity contribution in [2.24, 2.45) is 5.22 Å². The molecule has 3 nitrogen and oxygen atoms in total. The molecule has 0 aromatic rings. The van der Waals surface area contributed by atoms with Gasteiger partial charge in [0.15, 0.2) is 0 Å². The third-order valence-corrected chi connectivity index (χ3v) is 0.944. The minimum atomic E-state index is 0.430. The fourth-order valence-electron chi connectivity index (χ4n) is 0.285. The van der Waals surface area contributed by atoms with Crippen molar-refractivity contribution < 1.29 is 4.70 Å². The lowest BCUT2D eigenvalue weighted by molar-refractivity contribution is -0.568. The maximum Gasteiger partial charge on any atom is 0.109 e. The fourth-order valence-corrected chi connectivity index (χ4v) is 0.285. The third-order valence-electron chi connectivity index (χ3n) is 0.944. The Kier molecular flexibility index (Phi) is 4.01. The van der Waals surface area contributed by atoms with E-state index in [0.717, 1.165) is 6.54 Å². The smallest absolute Gasteiger partial charge is 0.109 e. The number of hydrogen-bond acceptors (Lipinski definition) is 1. The molecule has 0 fully saturated rings. The van der Waals surface area contributed by atoms with Crippen molar-refractivity contribution in [3.63, 3.8) is 0 Å². The van der Waals surface area contributed by atoms with Crippen molar-refractivity contribution in [2.75, 3.05) is 13.6 Å². The zero-order chi connectivity index (χ0) is 7.28. The molecule has 9 heavy (non-hydrogen) atoms. The molecule has 0 radical (unpaired) electrons.